The summed E-state index contributed by atoms with van der Waals surface area (Å²) in [7, 11) is 0. The van der Waals surface area contributed by atoms with Gasteiger partial charge in [0.05, 0.1) is 6.61 Å². The van der Waals surface area contributed by atoms with Gasteiger partial charge in [-0.05, 0) is 37.5 Å². The zero-order chi connectivity index (χ0) is 12.9. The van der Waals surface area contributed by atoms with Crippen molar-refractivity contribution in [1.29, 1.82) is 0 Å². The lowest BCUT2D eigenvalue weighted by molar-refractivity contribution is -0.156. The van der Waals surface area contributed by atoms with Crippen LogP contribution in [0.3, 0.4) is 0 Å². The topological polar surface area (TPSA) is 38.3 Å². The van der Waals surface area contributed by atoms with E-state index in [1.165, 1.54) is 0 Å². The minimum absolute atomic E-state index is 0.0420. The highest BCUT2D eigenvalue weighted by Gasteiger charge is 2.53. The largest absolute Gasteiger partial charge is 0.465 e. The van der Waals surface area contributed by atoms with Crippen LogP contribution in [0, 0.1) is 5.41 Å². The van der Waals surface area contributed by atoms with Gasteiger partial charge in [-0.15, -0.1) is 0 Å². The van der Waals surface area contributed by atoms with Crippen molar-refractivity contribution in [1.82, 2.24) is 5.32 Å². The summed E-state index contributed by atoms with van der Waals surface area (Å²) < 4.78 is 5.30. The number of carbonyl (C=O) groups is 1. The van der Waals surface area contributed by atoms with E-state index in [-0.39, 0.29) is 11.4 Å². The second kappa shape index (κ2) is 6.10. The molecule has 17 heavy (non-hydrogen) atoms. The Kier molecular flexibility index (Phi) is 5.32. The molecule has 0 aliphatic carbocycles. The molecule has 1 aliphatic heterocycles. The molecule has 1 saturated heterocycles. The van der Waals surface area contributed by atoms with Crippen molar-refractivity contribution >= 4 is 17.7 Å². The highest BCUT2D eigenvalue weighted by molar-refractivity contribution is 7.99. The first-order valence-corrected chi connectivity index (χ1v) is 7.65. The van der Waals surface area contributed by atoms with Crippen LogP contribution in [0.2, 0.25) is 0 Å². The van der Waals surface area contributed by atoms with Crippen LogP contribution >= 0.6 is 11.8 Å². The normalized spacial score (nSPS) is 27.8. The summed E-state index contributed by atoms with van der Waals surface area (Å²) in [6, 6.07) is 0. The van der Waals surface area contributed by atoms with Gasteiger partial charge in [-0.1, -0.05) is 20.8 Å². The average molecular weight is 259 g/mol. The van der Waals surface area contributed by atoms with Crippen molar-refractivity contribution in [3.63, 3.8) is 0 Å². The molecule has 0 spiro atoms. The molecule has 1 heterocycles. The third-order valence-electron chi connectivity index (χ3n) is 3.65. The van der Waals surface area contributed by atoms with Crippen molar-refractivity contribution < 1.29 is 9.53 Å². The Bertz CT molecular complexity index is 268. The molecule has 1 aliphatic rings. The van der Waals surface area contributed by atoms with E-state index in [0.29, 0.717) is 6.61 Å². The molecule has 0 bridgehead atoms. The van der Waals surface area contributed by atoms with Crippen LogP contribution in [-0.4, -0.2) is 36.2 Å². The Morgan fingerprint density at radius 2 is 2.12 bits per heavy atom. The van der Waals surface area contributed by atoms with E-state index in [0.717, 1.165) is 30.9 Å². The lowest BCUT2D eigenvalue weighted by Gasteiger charge is -2.48. The van der Waals surface area contributed by atoms with Gasteiger partial charge in [0.2, 0.25) is 0 Å². The third kappa shape index (κ3) is 2.97. The number of carbonyl (C=O) groups excluding carboxylic acids is 1. The minimum atomic E-state index is -0.512. The van der Waals surface area contributed by atoms with Gasteiger partial charge in [-0.2, -0.15) is 11.8 Å². The quantitative estimate of drug-likeness (QED) is 0.770. The van der Waals surface area contributed by atoms with Crippen molar-refractivity contribution in [2.24, 2.45) is 5.41 Å². The van der Waals surface area contributed by atoms with E-state index >= 15 is 0 Å². The fourth-order valence-corrected chi connectivity index (χ4v) is 3.97. The van der Waals surface area contributed by atoms with E-state index in [4.69, 9.17) is 4.74 Å². The van der Waals surface area contributed by atoms with E-state index in [2.05, 4.69) is 26.1 Å². The molecule has 0 aromatic heterocycles. The summed E-state index contributed by atoms with van der Waals surface area (Å²) in [5.74, 6) is 1.87. The van der Waals surface area contributed by atoms with Gasteiger partial charge in [0.15, 0.2) is 0 Å². The highest BCUT2D eigenvalue weighted by atomic mass is 32.2. The Morgan fingerprint density at radius 3 is 2.65 bits per heavy atom. The fourth-order valence-electron chi connectivity index (χ4n) is 2.25. The zero-order valence-electron chi connectivity index (χ0n) is 11.5. The predicted octanol–water partition coefficient (Wildman–Crippen LogP) is 2.45. The molecule has 4 heteroatoms. The van der Waals surface area contributed by atoms with Gasteiger partial charge in [-0.25, -0.2) is 4.79 Å². The summed E-state index contributed by atoms with van der Waals surface area (Å²) in [5.41, 5.74) is -0.554. The van der Waals surface area contributed by atoms with Crippen LogP contribution in [0.5, 0.6) is 0 Å². The molecule has 1 atom stereocenters. The van der Waals surface area contributed by atoms with Gasteiger partial charge >= 0.3 is 5.97 Å². The van der Waals surface area contributed by atoms with Crippen LogP contribution in [0.1, 0.15) is 40.5 Å². The van der Waals surface area contributed by atoms with E-state index in [1.807, 2.05) is 18.7 Å². The summed E-state index contributed by atoms with van der Waals surface area (Å²) in [6.45, 7) is 9.65. The molecule has 1 unspecified atom stereocenters. The molecule has 1 N–H and O–H groups in total. The first-order chi connectivity index (χ1) is 8.00. The Morgan fingerprint density at radius 1 is 1.41 bits per heavy atom. The molecule has 1 fully saturated rings. The summed E-state index contributed by atoms with van der Waals surface area (Å²) in [6.07, 6.45) is 2.08. The second-order valence-electron chi connectivity index (χ2n) is 5.24. The van der Waals surface area contributed by atoms with E-state index in [9.17, 15) is 4.79 Å². The molecule has 3 nitrogen and oxygen atoms in total. The van der Waals surface area contributed by atoms with Crippen molar-refractivity contribution in [3.05, 3.63) is 0 Å². The maximum atomic E-state index is 12.3. The molecular formula is C13H25NO2S. The predicted molar refractivity (Wildman–Crippen MR) is 73.4 cm³/mol. The number of hydrogen-bond donors (Lipinski definition) is 1. The smallest absolute Gasteiger partial charge is 0.327 e. The number of nitrogens with one attached hydrogen (secondary N) is 1. The third-order valence-corrected chi connectivity index (χ3v) is 4.78. The zero-order valence-corrected chi connectivity index (χ0v) is 12.3. The molecule has 0 aromatic carbocycles. The van der Waals surface area contributed by atoms with Crippen LogP contribution in [-0.2, 0) is 9.53 Å². The average Bonchev–Trinajstić information content (AvgIpc) is 2.28. The van der Waals surface area contributed by atoms with Gasteiger partial charge in [-0.3, -0.25) is 0 Å². The van der Waals surface area contributed by atoms with Gasteiger partial charge < -0.3 is 10.1 Å². The first kappa shape index (κ1) is 14.8. The molecule has 0 amide bonds. The van der Waals surface area contributed by atoms with Crippen LogP contribution < -0.4 is 5.32 Å². The van der Waals surface area contributed by atoms with Crippen molar-refractivity contribution in [3.8, 4) is 0 Å². The highest BCUT2D eigenvalue weighted by Crippen LogP contribution is 2.43. The van der Waals surface area contributed by atoms with Crippen LogP contribution in [0.15, 0.2) is 0 Å². The number of ether oxygens (including phenoxy) is 1. The molecule has 1 rings (SSSR count). The first-order valence-electron chi connectivity index (χ1n) is 6.50. The van der Waals surface area contributed by atoms with Gasteiger partial charge in [0.1, 0.15) is 5.54 Å². The summed E-state index contributed by atoms with van der Waals surface area (Å²) in [5, 5.41) is 3.46. The van der Waals surface area contributed by atoms with Gasteiger partial charge in [0.25, 0.3) is 0 Å². The maximum Gasteiger partial charge on any atom is 0.327 e. The standard InChI is InChI=1S/C13H25NO2S/c1-5-8-14-13(11(15)16-6-2)10-17-9-7-12(13,3)4/h14H,5-10H2,1-4H3. The number of thioether (sulfide) groups is 1. The van der Waals surface area contributed by atoms with Crippen LogP contribution in [0.4, 0.5) is 0 Å². The summed E-state index contributed by atoms with van der Waals surface area (Å²) in [4.78, 5) is 12.3. The molecule has 100 valence electrons. The molecule has 0 radical (unpaired) electrons. The van der Waals surface area contributed by atoms with E-state index < -0.39 is 5.54 Å². The van der Waals surface area contributed by atoms with Crippen molar-refractivity contribution in [2.45, 2.75) is 46.1 Å². The minimum Gasteiger partial charge on any atom is -0.465 e. The van der Waals surface area contributed by atoms with Gasteiger partial charge in [0, 0.05) is 5.75 Å². The summed E-state index contributed by atoms with van der Waals surface area (Å²) >= 11 is 1.85. The Labute approximate surface area is 109 Å². The lowest BCUT2D eigenvalue weighted by Crippen LogP contribution is -2.65. The molecular weight excluding hydrogens is 234 g/mol. The monoisotopic (exact) mass is 259 g/mol. The molecule has 0 saturated carbocycles. The van der Waals surface area contributed by atoms with Crippen molar-refractivity contribution in [2.75, 3.05) is 24.7 Å². The second-order valence-corrected chi connectivity index (χ2v) is 6.34. The van der Waals surface area contributed by atoms with E-state index in [1.54, 1.807) is 0 Å². The number of rotatable bonds is 5. The SMILES string of the molecule is CCCNC1(C(=O)OCC)CSCCC1(C)C. The number of hydrogen-bond acceptors (Lipinski definition) is 4. The fraction of sp³-hybridized carbons (Fsp3) is 0.923. The Balaban J connectivity index is 2.93. The van der Waals surface area contributed by atoms with Crippen LogP contribution in [0.25, 0.3) is 0 Å². The number of esters is 1. The molecule has 0 aromatic rings. The Hall–Kier alpha value is -0.220. The lowest BCUT2D eigenvalue weighted by atomic mass is 9.70. The maximum absolute atomic E-state index is 12.3.